The van der Waals surface area contributed by atoms with Crippen LogP contribution in [0.3, 0.4) is 0 Å². The van der Waals surface area contributed by atoms with Crippen molar-refractivity contribution in [2.24, 2.45) is 0 Å². The zero-order chi connectivity index (χ0) is 18.5. The van der Waals surface area contributed by atoms with Crippen LogP contribution in [0.2, 0.25) is 0 Å². The van der Waals surface area contributed by atoms with E-state index in [2.05, 4.69) is 4.74 Å². The molecule has 24 heavy (non-hydrogen) atoms. The summed E-state index contributed by atoms with van der Waals surface area (Å²) in [5.41, 5.74) is 3.00. The van der Waals surface area contributed by atoms with Gasteiger partial charge in [0, 0.05) is 5.46 Å². The smallest absolute Gasteiger partial charge is 0.406 e. The van der Waals surface area contributed by atoms with E-state index in [1.807, 2.05) is 0 Å². The molecule has 1 aliphatic heterocycles. The maximum absolute atomic E-state index is 12.4. The molecule has 0 aliphatic carbocycles. The summed E-state index contributed by atoms with van der Waals surface area (Å²) in [7, 11) is -1.16. The van der Waals surface area contributed by atoms with Gasteiger partial charge in [0.2, 0.25) is 0 Å². The quantitative estimate of drug-likeness (QED) is 0.390. The van der Waals surface area contributed by atoms with E-state index in [1.54, 1.807) is 27.7 Å². The lowest BCUT2D eigenvalue weighted by molar-refractivity contribution is -0.384. The van der Waals surface area contributed by atoms with Gasteiger partial charge in [0.15, 0.2) is 0 Å². The molecule has 0 unspecified atom stereocenters. The van der Waals surface area contributed by atoms with E-state index in [1.165, 1.54) is 0 Å². The molecule has 1 heterocycles. The summed E-state index contributed by atoms with van der Waals surface area (Å²) >= 11 is 0. The van der Waals surface area contributed by atoms with Crippen LogP contribution in [0.25, 0.3) is 0 Å². The van der Waals surface area contributed by atoms with Gasteiger partial charge in [0.1, 0.15) is 11.4 Å². The molecule has 0 radical (unpaired) electrons. The molecule has 0 bridgehead atoms. The van der Waals surface area contributed by atoms with Crippen molar-refractivity contribution in [1.29, 1.82) is 0 Å². The van der Waals surface area contributed by atoms with Crippen molar-refractivity contribution in [3.8, 4) is 5.75 Å². The Labute approximate surface area is 136 Å². The van der Waals surface area contributed by atoms with Crippen molar-refractivity contribution in [3.05, 3.63) is 22.2 Å². The molecule has 11 heteroatoms. The van der Waals surface area contributed by atoms with Crippen LogP contribution in [-0.2, 0) is 9.31 Å². The van der Waals surface area contributed by atoms with Crippen LogP contribution in [0, 0.1) is 10.1 Å². The second-order valence-electron chi connectivity index (χ2n) is 6.34. The number of nitro groups is 1. The first kappa shape index (κ1) is 18.3. The van der Waals surface area contributed by atoms with Crippen LogP contribution < -0.4 is 15.9 Å². The molecule has 1 fully saturated rings. The summed E-state index contributed by atoms with van der Waals surface area (Å²) in [5, 5.41) is 11.1. The Morgan fingerprint density at radius 3 is 2.12 bits per heavy atom. The van der Waals surface area contributed by atoms with E-state index in [4.69, 9.17) is 15.0 Å². The SMILES string of the molecule is CC1(C)OB(c2cc(OC(F)(F)F)cc([N+](=O)[O-])c2N)OC1(C)C. The van der Waals surface area contributed by atoms with Crippen molar-refractivity contribution in [2.75, 3.05) is 5.73 Å². The maximum atomic E-state index is 12.4. The van der Waals surface area contributed by atoms with Crippen LogP contribution in [0.5, 0.6) is 5.75 Å². The molecular formula is C13H16BF3N2O5. The number of halogens is 3. The minimum Gasteiger partial charge on any atom is -0.406 e. The lowest BCUT2D eigenvalue weighted by Gasteiger charge is -2.32. The number of ether oxygens (including phenoxy) is 1. The average Bonchev–Trinajstić information content (AvgIpc) is 2.58. The van der Waals surface area contributed by atoms with Crippen LogP contribution in [0.4, 0.5) is 24.5 Å². The topological polar surface area (TPSA) is 96.8 Å². The first-order valence-electron chi connectivity index (χ1n) is 6.93. The normalized spacial score (nSPS) is 19.4. The van der Waals surface area contributed by atoms with Gasteiger partial charge < -0.3 is 19.8 Å². The van der Waals surface area contributed by atoms with Gasteiger partial charge in [-0.05, 0) is 33.8 Å². The van der Waals surface area contributed by atoms with Crippen molar-refractivity contribution < 1.29 is 32.1 Å². The maximum Gasteiger partial charge on any atom is 0.573 e. The van der Waals surface area contributed by atoms with Crippen molar-refractivity contribution in [1.82, 2.24) is 0 Å². The molecule has 0 spiro atoms. The Hall–Kier alpha value is -2.01. The van der Waals surface area contributed by atoms with Crippen LogP contribution in [0.1, 0.15) is 27.7 Å². The number of anilines is 1. The highest BCUT2D eigenvalue weighted by atomic mass is 19.4. The third-order valence-electron chi connectivity index (χ3n) is 4.10. The lowest BCUT2D eigenvalue weighted by Crippen LogP contribution is -2.41. The molecular weight excluding hydrogens is 332 g/mol. The van der Waals surface area contributed by atoms with E-state index in [0.29, 0.717) is 6.07 Å². The predicted molar refractivity (Wildman–Crippen MR) is 79.9 cm³/mol. The number of nitrogen functional groups attached to an aromatic ring is 1. The lowest BCUT2D eigenvalue weighted by atomic mass is 9.77. The average molecular weight is 348 g/mol. The highest BCUT2D eigenvalue weighted by Crippen LogP contribution is 2.38. The number of alkyl halides is 3. The van der Waals surface area contributed by atoms with Crippen LogP contribution in [0.15, 0.2) is 12.1 Å². The predicted octanol–water partition coefficient (Wildman–Crippen LogP) is 2.37. The standard InChI is InChI=1S/C13H16BF3N2O5/c1-11(2)12(3,4)24-14(23-11)8-5-7(22-13(15,16)17)6-9(10(8)18)19(20)21/h5-6H,18H2,1-4H3. The Morgan fingerprint density at radius 2 is 1.71 bits per heavy atom. The minimum atomic E-state index is -5.00. The summed E-state index contributed by atoms with van der Waals surface area (Å²) in [6.07, 6.45) is -5.00. The van der Waals surface area contributed by atoms with Gasteiger partial charge in [-0.15, -0.1) is 13.2 Å². The largest absolute Gasteiger partial charge is 0.573 e. The van der Waals surface area contributed by atoms with Crippen molar-refractivity contribution in [3.63, 3.8) is 0 Å². The van der Waals surface area contributed by atoms with Crippen LogP contribution >= 0.6 is 0 Å². The first-order valence-corrected chi connectivity index (χ1v) is 6.93. The molecule has 2 N–H and O–H groups in total. The second kappa shape index (κ2) is 5.52. The molecule has 0 amide bonds. The minimum absolute atomic E-state index is 0.0953. The summed E-state index contributed by atoms with van der Waals surface area (Å²) < 4.78 is 52.5. The Kier molecular flexibility index (Phi) is 4.22. The molecule has 1 aliphatic rings. The van der Waals surface area contributed by atoms with E-state index in [-0.39, 0.29) is 11.2 Å². The summed E-state index contributed by atoms with van der Waals surface area (Å²) in [6.45, 7) is 6.92. The van der Waals surface area contributed by atoms with Gasteiger partial charge in [-0.25, -0.2) is 0 Å². The number of hydrogen-bond acceptors (Lipinski definition) is 6. The van der Waals surface area contributed by atoms with Gasteiger partial charge >= 0.3 is 13.5 Å². The van der Waals surface area contributed by atoms with E-state index in [0.717, 1.165) is 6.07 Å². The first-order chi connectivity index (χ1) is 10.7. The van der Waals surface area contributed by atoms with Gasteiger partial charge in [0.05, 0.1) is 22.2 Å². The number of nitro benzene ring substituents is 1. The number of nitrogens with two attached hydrogens (primary N) is 1. The summed E-state index contributed by atoms with van der Waals surface area (Å²) in [4.78, 5) is 10.2. The highest BCUT2D eigenvalue weighted by molar-refractivity contribution is 6.64. The Bertz CT molecular complexity index is 662. The molecule has 1 aromatic rings. The van der Waals surface area contributed by atoms with Gasteiger partial charge in [-0.3, -0.25) is 10.1 Å². The molecule has 1 saturated heterocycles. The van der Waals surface area contributed by atoms with Gasteiger partial charge in [-0.1, -0.05) is 0 Å². The van der Waals surface area contributed by atoms with Crippen molar-refractivity contribution >= 4 is 24.0 Å². The fraction of sp³-hybridized carbons (Fsp3) is 0.538. The molecule has 0 saturated carbocycles. The number of nitrogens with zero attached hydrogens (tertiary/aromatic N) is 1. The molecule has 132 valence electrons. The third kappa shape index (κ3) is 3.41. The van der Waals surface area contributed by atoms with E-state index < -0.39 is 41.0 Å². The zero-order valence-electron chi connectivity index (χ0n) is 13.4. The van der Waals surface area contributed by atoms with Crippen LogP contribution in [-0.4, -0.2) is 29.6 Å². The monoisotopic (exact) mass is 348 g/mol. The van der Waals surface area contributed by atoms with Crippen molar-refractivity contribution in [2.45, 2.75) is 45.3 Å². The molecule has 0 aromatic heterocycles. The summed E-state index contributed by atoms with van der Waals surface area (Å²) in [5.74, 6) is -0.770. The second-order valence-corrected chi connectivity index (χ2v) is 6.34. The third-order valence-corrected chi connectivity index (χ3v) is 4.10. The fourth-order valence-electron chi connectivity index (χ4n) is 2.14. The molecule has 1 aromatic carbocycles. The molecule has 2 rings (SSSR count). The number of rotatable bonds is 3. The zero-order valence-corrected chi connectivity index (χ0v) is 13.4. The number of benzene rings is 1. The number of hydrogen-bond donors (Lipinski definition) is 1. The fourth-order valence-corrected chi connectivity index (χ4v) is 2.14. The van der Waals surface area contributed by atoms with Gasteiger partial charge in [0.25, 0.3) is 5.69 Å². The Morgan fingerprint density at radius 1 is 1.21 bits per heavy atom. The van der Waals surface area contributed by atoms with E-state index >= 15 is 0 Å². The van der Waals surface area contributed by atoms with E-state index in [9.17, 15) is 23.3 Å². The Balaban J connectivity index is 2.52. The highest BCUT2D eigenvalue weighted by Gasteiger charge is 2.53. The molecule has 0 atom stereocenters. The van der Waals surface area contributed by atoms with Gasteiger partial charge in [-0.2, -0.15) is 0 Å². The molecule has 7 nitrogen and oxygen atoms in total. The summed E-state index contributed by atoms with van der Waals surface area (Å²) in [6, 6.07) is 1.54.